The van der Waals surface area contributed by atoms with Crippen LogP contribution in [0.2, 0.25) is 5.02 Å². The summed E-state index contributed by atoms with van der Waals surface area (Å²) in [5, 5.41) is 5.36. The predicted octanol–water partition coefficient (Wildman–Crippen LogP) is 6.03. The smallest absolute Gasteiger partial charge is 0.0495 e. The number of benzene rings is 3. The van der Waals surface area contributed by atoms with E-state index in [4.69, 9.17) is 23.2 Å². The van der Waals surface area contributed by atoms with Crippen LogP contribution in [-0.2, 0) is 5.88 Å². The fourth-order valence-corrected chi connectivity index (χ4v) is 3.11. The molecule has 0 fully saturated rings. The van der Waals surface area contributed by atoms with Gasteiger partial charge >= 0.3 is 0 Å². The van der Waals surface area contributed by atoms with E-state index in [0.29, 0.717) is 10.9 Å². The number of halogens is 2. The molecule has 0 saturated heterocycles. The Morgan fingerprint density at radius 1 is 1.00 bits per heavy atom. The molecular weight excluding hydrogens is 275 g/mol. The summed E-state index contributed by atoms with van der Waals surface area (Å²) in [7, 11) is 0. The Balaban J connectivity index is 2.54. The first-order chi connectivity index (χ1) is 9.24. The van der Waals surface area contributed by atoms with Crippen molar-refractivity contribution in [2.24, 2.45) is 0 Å². The van der Waals surface area contributed by atoms with E-state index in [2.05, 4.69) is 30.8 Å². The summed E-state index contributed by atoms with van der Waals surface area (Å²) in [5.74, 6) is 0.408. The summed E-state index contributed by atoms with van der Waals surface area (Å²) >= 11 is 12.4. The van der Waals surface area contributed by atoms with Gasteiger partial charge in [0.1, 0.15) is 0 Å². The van der Waals surface area contributed by atoms with E-state index in [1.807, 2.05) is 24.3 Å². The molecule has 0 bridgehead atoms. The van der Waals surface area contributed by atoms with E-state index in [9.17, 15) is 0 Å². The highest BCUT2D eigenvalue weighted by atomic mass is 35.5. The van der Waals surface area contributed by atoms with E-state index in [-0.39, 0.29) is 0 Å². The van der Waals surface area contributed by atoms with Crippen molar-refractivity contribution in [2.75, 3.05) is 0 Å². The Hall–Kier alpha value is -1.50. The van der Waals surface area contributed by atoms with Crippen molar-refractivity contribution in [1.29, 1.82) is 0 Å². The van der Waals surface area contributed by atoms with Crippen LogP contribution < -0.4 is 0 Å². The van der Waals surface area contributed by atoms with Gasteiger partial charge in [-0.1, -0.05) is 48.5 Å². The average Bonchev–Trinajstić information content (AvgIpc) is 2.44. The maximum atomic E-state index is 6.31. The highest BCUT2D eigenvalue weighted by molar-refractivity contribution is 6.34. The molecule has 2 heteroatoms. The fourth-order valence-electron chi connectivity index (χ4n) is 2.46. The zero-order valence-corrected chi connectivity index (χ0v) is 11.8. The minimum absolute atomic E-state index is 0.408. The molecule has 0 aromatic heterocycles. The lowest BCUT2D eigenvalue weighted by molar-refractivity contribution is 1.45. The summed E-state index contributed by atoms with van der Waals surface area (Å²) in [5.41, 5.74) is 2.02. The lowest BCUT2D eigenvalue weighted by Crippen LogP contribution is -1.88. The molecule has 0 nitrogen and oxygen atoms in total. The summed E-state index contributed by atoms with van der Waals surface area (Å²) in [6.07, 6.45) is 1.83. The molecule has 0 heterocycles. The third-order valence-corrected chi connectivity index (χ3v) is 4.05. The second-order valence-electron chi connectivity index (χ2n) is 4.51. The maximum absolute atomic E-state index is 6.31. The van der Waals surface area contributed by atoms with E-state index in [1.165, 1.54) is 10.8 Å². The van der Waals surface area contributed by atoms with Gasteiger partial charge in [-0.05, 0) is 50.9 Å². The van der Waals surface area contributed by atoms with E-state index < -0.39 is 0 Å². The normalized spacial score (nSPS) is 11.1. The second-order valence-corrected chi connectivity index (χ2v) is 5.18. The van der Waals surface area contributed by atoms with Crippen LogP contribution in [0.25, 0.3) is 27.6 Å². The molecule has 0 atom stereocenters. The number of fused-ring (bicyclic) bond motifs is 2. The average molecular weight is 287 g/mol. The van der Waals surface area contributed by atoms with Gasteiger partial charge in [0.05, 0.1) is 0 Å². The molecule has 0 unspecified atom stereocenters. The quantitative estimate of drug-likeness (QED) is 0.399. The zero-order valence-electron chi connectivity index (χ0n) is 10.3. The lowest BCUT2D eigenvalue weighted by atomic mass is 9.96. The van der Waals surface area contributed by atoms with Crippen LogP contribution in [-0.4, -0.2) is 0 Å². The molecule has 3 aromatic rings. The Morgan fingerprint density at radius 2 is 1.63 bits per heavy atom. The molecule has 3 rings (SSSR count). The molecule has 0 saturated carbocycles. The van der Waals surface area contributed by atoms with Gasteiger partial charge in [0.15, 0.2) is 0 Å². The number of rotatable bonds is 2. The van der Waals surface area contributed by atoms with E-state index in [0.717, 1.165) is 21.9 Å². The highest BCUT2D eigenvalue weighted by Crippen LogP contribution is 2.34. The SMILES string of the molecule is C=Cc1cc(Cl)c(CCl)c2cc3ccccc3cc12. The third-order valence-electron chi connectivity index (χ3n) is 3.45. The van der Waals surface area contributed by atoms with Crippen molar-refractivity contribution < 1.29 is 0 Å². The molecular formula is C17H12Cl2. The van der Waals surface area contributed by atoms with Crippen LogP contribution in [0.3, 0.4) is 0 Å². The van der Waals surface area contributed by atoms with Crippen molar-refractivity contribution in [3.63, 3.8) is 0 Å². The molecule has 3 aromatic carbocycles. The Morgan fingerprint density at radius 3 is 2.21 bits per heavy atom. The molecule has 0 aliphatic carbocycles. The first kappa shape index (κ1) is 12.5. The van der Waals surface area contributed by atoms with Crippen LogP contribution >= 0.6 is 23.2 Å². The van der Waals surface area contributed by atoms with Gasteiger partial charge in [0.2, 0.25) is 0 Å². The minimum atomic E-state index is 0.408. The Bertz CT molecular complexity index is 788. The zero-order chi connectivity index (χ0) is 13.4. The molecule has 19 heavy (non-hydrogen) atoms. The number of alkyl halides is 1. The third kappa shape index (κ3) is 2.01. The summed E-state index contributed by atoms with van der Waals surface area (Å²) in [6, 6.07) is 14.5. The molecule has 0 amide bonds. The summed E-state index contributed by atoms with van der Waals surface area (Å²) < 4.78 is 0. The van der Waals surface area contributed by atoms with E-state index >= 15 is 0 Å². The highest BCUT2D eigenvalue weighted by Gasteiger charge is 2.10. The second kappa shape index (κ2) is 4.88. The lowest BCUT2D eigenvalue weighted by Gasteiger charge is -2.11. The van der Waals surface area contributed by atoms with Gasteiger partial charge in [-0.25, -0.2) is 0 Å². The van der Waals surface area contributed by atoms with Crippen molar-refractivity contribution in [3.05, 3.63) is 65.2 Å². The van der Waals surface area contributed by atoms with Gasteiger partial charge < -0.3 is 0 Å². The molecule has 0 N–H and O–H groups in total. The van der Waals surface area contributed by atoms with Crippen LogP contribution in [0.1, 0.15) is 11.1 Å². The topological polar surface area (TPSA) is 0 Å². The van der Waals surface area contributed by atoms with Crippen LogP contribution in [0.15, 0.2) is 49.0 Å². The summed E-state index contributed by atoms with van der Waals surface area (Å²) in [4.78, 5) is 0. The van der Waals surface area contributed by atoms with Gasteiger partial charge in [0.25, 0.3) is 0 Å². The van der Waals surface area contributed by atoms with Crippen molar-refractivity contribution in [1.82, 2.24) is 0 Å². The first-order valence-electron chi connectivity index (χ1n) is 6.07. The van der Waals surface area contributed by atoms with Crippen molar-refractivity contribution >= 4 is 50.8 Å². The molecule has 0 aliphatic rings. The van der Waals surface area contributed by atoms with Gasteiger partial charge in [-0.15, -0.1) is 11.6 Å². The largest absolute Gasteiger partial charge is 0.121 e. The first-order valence-corrected chi connectivity index (χ1v) is 6.98. The van der Waals surface area contributed by atoms with Gasteiger partial charge in [-0.2, -0.15) is 0 Å². The number of hydrogen-bond acceptors (Lipinski definition) is 0. The standard InChI is InChI=1S/C17H12Cl2/c1-2-11-9-17(19)16(10-18)15-8-13-6-4-3-5-12(13)7-14(11)15/h2-9H,1,10H2. The van der Waals surface area contributed by atoms with Crippen LogP contribution in [0, 0.1) is 0 Å². The van der Waals surface area contributed by atoms with Crippen LogP contribution in [0.4, 0.5) is 0 Å². The molecule has 0 aliphatic heterocycles. The van der Waals surface area contributed by atoms with Gasteiger partial charge in [0, 0.05) is 10.9 Å². The number of hydrogen-bond donors (Lipinski definition) is 0. The molecule has 0 radical (unpaired) electrons. The Kier molecular flexibility index (Phi) is 3.22. The minimum Gasteiger partial charge on any atom is -0.121 e. The summed E-state index contributed by atoms with van der Waals surface area (Å²) in [6.45, 7) is 3.87. The predicted molar refractivity (Wildman–Crippen MR) is 86.1 cm³/mol. The monoisotopic (exact) mass is 286 g/mol. The Labute approximate surface area is 122 Å². The molecule has 0 spiro atoms. The van der Waals surface area contributed by atoms with Crippen molar-refractivity contribution in [2.45, 2.75) is 5.88 Å². The fraction of sp³-hybridized carbons (Fsp3) is 0.0588. The molecule has 94 valence electrons. The maximum Gasteiger partial charge on any atom is 0.0495 e. The van der Waals surface area contributed by atoms with Crippen molar-refractivity contribution in [3.8, 4) is 0 Å². The van der Waals surface area contributed by atoms with Gasteiger partial charge in [-0.3, -0.25) is 0 Å². The van der Waals surface area contributed by atoms with Crippen LogP contribution in [0.5, 0.6) is 0 Å². The van der Waals surface area contributed by atoms with E-state index in [1.54, 1.807) is 0 Å².